The molecule has 0 aliphatic carbocycles. The van der Waals surface area contributed by atoms with Crippen LogP contribution >= 0.6 is 27.5 Å². The minimum Gasteiger partial charge on any atom is -0.490 e. The van der Waals surface area contributed by atoms with Gasteiger partial charge in [-0.15, -0.1) is 0 Å². The van der Waals surface area contributed by atoms with E-state index in [9.17, 15) is 9.18 Å². The highest BCUT2D eigenvalue weighted by Crippen LogP contribution is 2.33. The molecule has 0 aliphatic heterocycles. The molecular weight excluding hydrogens is 501 g/mol. The summed E-state index contributed by atoms with van der Waals surface area (Å²) < 4.78 is 25.3. The fraction of sp³-hybridized carbons (Fsp3) is 0.130. The molecule has 0 atom stereocenters. The summed E-state index contributed by atoms with van der Waals surface area (Å²) in [5.41, 5.74) is 4.49. The van der Waals surface area contributed by atoms with E-state index in [1.54, 1.807) is 48.5 Å². The zero-order valence-corrected chi connectivity index (χ0v) is 19.4. The van der Waals surface area contributed by atoms with Crippen molar-refractivity contribution in [3.63, 3.8) is 0 Å². The van der Waals surface area contributed by atoms with E-state index in [2.05, 4.69) is 31.8 Å². The smallest absolute Gasteiger partial charge is 0.339 e. The van der Waals surface area contributed by atoms with E-state index >= 15 is 0 Å². The second-order valence-electron chi connectivity index (χ2n) is 6.50. The molecule has 0 spiro atoms. The Morgan fingerprint density at radius 2 is 1.78 bits per heavy atom. The highest BCUT2D eigenvalue weighted by atomic mass is 79.9. The van der Waals surface area contributed by atoms with E-state index in [0.717, 1.165) is 5.56 Å². The Labute approximate surface area is 198 Å². The summed E-state index contributed by atoms with van der Waals surface area (Å²) in [6, 6.07) is 15.8. The third kappa shape index (κ3) is 6.96. The van der Waals surface area contributed by atoms with Crippen LogP contribution in [-0.2, 0) is 6.61 Å². The number of urea groups is 1. The summed E-state index contributed by atoms with van der Waals surface area (Å²) in [7, 11) is 0. The lowest BCUT2D eigenvalue weighted by molar-refractivity contribution is 0.252. The highest BCUT2D eigenvalue weighted by molar-refractivity contribution is 9.10. The molecule has 6 nitrogen and oxygen atoms in total. The van der Waals surface area contributed by atoms with Gasteiger partial charge >= 0.3 is 6.03 Å². The molecule has 32 heavy (non-hydrogen) atoms. The van der Waals surface area contributed by atoms with Crippen LogP contribution in [-0.4, -0.2) is 18.9 Å². The molecule has 2 N–H and O–H groups in total. The van der Waals surface area contributed by atoms with Crippen LogP contribution in [0.25, 0.3) is 0 Å². The fourth-order valence-electron chi connectivity index (χ4n) is 2.63. The van der Waals surface area contributed by atoms with Gasteiger partial charge in [-0.3, -0.25) is 0 Å². The Bertz CT molecular complexity index is 1090. The number of amides is 2. The molecule has 3 rings (SSSR count). The summed E-state index contributed by atoms with van der Waals surface area (Å²) in [5.74, 6) is 0.740. The highest BCUT2D eigenvalue weighted by Gasteiger charge is 2.11. The number of hydrogen-bond donors (Lipinski definition) is 2. The number of hydrazone groups is 1. The molecule has 0 aliphatic rings. The number of benzene rings is 3. The van der Waals surface area contributed by atoms with Crippen LogP contribution < -0.4 is 20.2 Å². The van der Waals surface area contributed by atoms with Crippen LogP contribution in [0.15, 0.2) is 70.2 Å². The maximum Gasteiger partial charge on any atom is 0.339 e. The Balaban J connectivity index is 1.65. The lowest BCUT2D eigenvalue weighted by atomic mass is 10.2. The van der Waals surface area contributed by atoms with E-state index in [-0.39, 0.29) is 12.4 Å². The first-order valence-electron chi connectivity index (χ1n) is 9.64. The number of anilines is 1. The molecule has 0 radical (unpaired) electrons. The molecule has 0 unspecified atom stereocenters. The van der Waals surface area contributed by atoms with Crippen molar-refractivity contribution < 1.29 is 18.7 Å². The largest absolute Gasteiger partial charge is 0.490 e. The third-order valence-electron chi connectivity index (χ3n) is 4.14. The standard InChI is InChI=1S/C23H20BrClFN3O3/c1-2-31-21-11-16(13-27-29-23(30)28-19-9-5-17(25)6-10-19)20(24)12-22(21)32-14-15-3-7-18(26)8-4-15/h3-13H,2,14H2,1H3,(H2,28,29,30)/b27-13-. The van der Waals surface area contributed by atoms with Crippen LogP contribution in [0.1, 0.15) is 18.1 Å². The van der Waals surface area contributed by atoms with Gasteiger partial charge in [-0.25, -0.2) is 14.6 Å². The van der Waals surface area contributed by atoms with Crippen molar-refractivity contribution in [2.24, 2.45) is 5.10 Å². The van der Waals surface area contributed by atoms with Gasteiger partial charge in [0.1, 0.15) is 12.4 Å². The zero-order valence-electron chi connectivity index (χ0n) is 17.1. The van der Waals surface area contributed by atoms with Crippen molar-refractivity contribution in [1.82, 2.24) is 5.43 Å². The Morgan fingerprint density at radius 1 is 1.09 bits per heavy atom. The lowest BCUT2D eigenvalue weighted by Gasteiger charge is -2.14. The number of rotatable bonds is 8. The minimum atomic E-state index is -0.496. The van der Waals surface area contributed by atoms with Crippen molar-refractivity contribution >= 4 is 45.5 Å². The number of hydrogen-bond acceptors (Lipinski definition) is 4. The van der Waals surface area contributed by atoms with E-state index in [1.807, 2.05) is 6.92 Å². The van der Waals surface area contributed by atoms with Crippen molar-refractivity contribution in [2.45, 2.75) is 13.5 Å². The predicted octanol–water partition coefficient (Wildman–Crippen LogP) is 6.37. The number of carbonyl (C=O) groups excluding carboxylic acids is 1. The van der Waals surface area contributed by atoms with Gasteiger partial charge in [0.15, 0.2) is 11.5 Å². The van der Waals surface area contributed by atoms with Crippen molar-refractivity contribution in [2.75, 3.05) is 11.9 Å². The van der Waals surface area contributed by atoms with Gasteiger partial charge in [0.2, 0.25) is 0 Å². The maximum atomic E-state index is 13.1. The van der Waals surface area contributed by atoms with Gasteiger partial charge in [0.05, 0.1) is 12.8 Å². The first-order valence-corrected chi connectivity index (χ1v) is 10.8. The molecule has 0 fully saturated rings. The van der Waals surface area contributed by atoms with Crippen LogP contribution in [0.2, 0.25) is 5.02 Å². The number of halogens is 3. The molecule has 2 amide bonds. The molecular formula is C23H20BrClFN3O3. The fourth-order valence-corrected chi connectivity index (χ4v) is 3.18. The molecule has 3 aromatic carbocycles. The van der Waals surface area contributed by atoms with Crippen LogP contribution in [0, 0.1) is 5.82 Å². The summed E-state index contributed by atoms with van der Waals surface area (Å²) in [6.07, 6.45) is 1.48. The third-order valence-corrected chi connectivity index (χ3v) is 5.08. The van der Waals surface area contributed by atoms with E-state index in [0.29, 0.717) is 38.9 Å². The monoisotopic (exact) mass is 519 g/mol. The molecule has 0 saturated heterocycles. The predicted molar refractivity (Wildman–Crippen MR) is 127 cm³/mol. The second-order valence-corrected chi connectivity index (χ2v) is 7.79. The normalized spacial score (nSPS) is 10.8. The number of carbonyl (C=O) groups is 1. The first-order chi connectivity index (χ1) is 15.4. The quantitative estimate of drug-likeness (QED) is 0.268. The summed E-state index contributed by atoms with van der Waals surface area (Å²) in [4.78, 5) is 12.0. The van der Waals surface area contributed by atoms with E-state index in [1.165, 1.54) is 18.3 Å². The molecule has 0 aromatic heterocycles. The van der Waals surface area contributed by atoms with Gasteiger partial charge in [0, 0.05) is 20.7 Å². The molecule has 9 heteroatoms. The molecule has 3 aromatic rings. The van der Waals surface area contributed by atoms with E-state index < -0.39 is 6.03 Å². The molecule has 0 heterocycles. The molecule has 0 saturated carbocycles. The Kier molecular flexibility index (Phi) is 8.47. The van der Waals surface area contributed by atoms with Crippen LogP contribution in [0.4, 0.5) is 14.9 Å². The van der Waals surface area contributed by atoms with Crippen molar-refractivity contribution in [1.29, 1.82) is 0 Å². The van der Waals surface area contributed by atoms with Crippen LogP contribution in [0.5, 0.6) is 11.5 Å². The molecule has 166 valence electrons. The van der Waals surface area contributed by atoms with Crippen molar-refractivity contribution in [3.05, 3.63) is 87.1 Å². The average molecular weight is 521 g/mol. The SMILES string of the molecule is CCOc1cc(/C=N\NC(=O)Nc2ccc(Cl)cc2)c(Br)cc1OCc1ccc(F)cc1. The summed E-state index contributed by atoms with van der Waals surface area (Å²) >= 11 is 9.31. The topological polar surface area (TPSA) is 72.0 Å². The average Bonchev–Trinajstić information content (AvgIpc) is 2.77. The Hall–Kier alpha value is -3.10. The summed E-state index contributed by atoms with van der Waals surface area (Å²) in [6.45, 7) is 2.56. The van der Waals surface area contributed by atoms with Gasteiger partial charge in [0.25, 0.3) is 0 Å². The van der Waals surface area contributed by atoms with Crippen LogP contribution in [0.3, 0.4) is 0 Å². The second kappa shape index (κ2) is 11.5. The summed E-state index contributed by atoms with van der Waals surface area (Å²) in [5, 5.41) is 7.20. The van der Waals surface area contributed by atoms with Crippen molar-refractivity contribution in [3.8, 4) is 11.5 Å². The molecule has 0 bridgehead atoms. The van der Waals surface area contributed by atoms with E-state index in [4.69, 9.17) is 21.1 Å². The van der Waals surface area contributed by atoms with Gasteiger partial charge in [-0.2, -0.15) is 5.10 Å². The van der Waals surface area contributed by atoms with Gasteiger partial charge in [-0.05, 0) is 76.9 Å². The minimum absolute atomic E-state index is 0.257. The van der Waals surface area contributed by atoms with Gasteiger partial charge < -0.3 is 14.8 Å². The maximum absolute atomic E-state index is 13.1. The number of ether oxygens (including phenoxy) is 2. The Morgan fingerprint density at radius 3 is 2.47 bits per heavy atom. The zero-order chi connectivity index (χ0) is 22.9. The first kappa shape index (κ1) is 23.6. The lowest BCUT2D eigenvalue weighted by Crippen LogP contribution is -2.24. The van der Waals surface area contributed by atoms with Gasteiger partial charge in [-0.1, -0.05) is 23.7 Å². The number of nitrogens with one attached hydrogen (secondary N) is 2. The number of nitrogens with zero attached hydrogens (tertiary/aromatic N) is 1.